The van der Waals surface area contributed by atoms with Gasteiger partial charge in [-0.05, 0) is 56.4 Å². The summed E-state index contributed by atoms with van der Waals surface area (Å²) in [4.78, 5) is 24.7. The van der Waals surface area contributed by atoms with Crippen molar-refractivity contribution < 1.29 is 14.3 Å². The lowest BCUT2D eigenvalue weighted by Crippen LogP contribution is -2.46. The smallest absolute Gasteiger partial charge is 0.316 e. The van der Waals surface area contributed by atoms with E-state index >= 15 is 0 Å². The van der Waals surface area contributed by atoms with Crippen LogP contribution in [0.2, 0.25) is 0 Å². The fourth-order valence-corrected chi connectivity index (χ4v) is 3.93. The Hall–Kier alpha value is -1.52. The minimum Gasteiger partial charge on any atom is -0.455 e. The predicted octanol–water partition coefficient (Wildman–Crippen LogP) is 3.35. The van der Waals surface area contributed by atoms with Crippen LogP contribution in [0.3, 0.4) is 0 Å². The second kappa shape index (κ2) is 8.54. The molecule has 7 heteroatoms. The third kappa shape index (κ3) is 5.25. The van der Waals surface area contributed by atoms with Crippen molar-refractivity contribution in [2.24, 2.45) is 0 Å². The largest absolute Gasteiger partial charge is 0.455 e. The fraction of sp³-hybridized carbons (Fsp3) is 0.471. The van der Waals surface area contributed by atoms with Gasteiger partial charge in [0.15, 0.2) is 6.61 Å². The number of aryl methyl sites for hydroxylation is 1. The minimum absolute atomic E-state index is 0.138. The molecule has 128 valence electrons. The monoisotopic (exact) mass is 410 g/mol. The molecule has 1 aromatic carbocycles. The Labute approximate surface area is 154 Å². The maximum atomic E-state index is 11.9. The molecule has 0 spiro atoms. The predicted molar refractivity (Wildman–Crippen MR) is 95.5 cm³/mol. The number of amides is 1. The highest BCUT2D eigenvalue weighted by molar-refractivity contribution is 9.10. The third-order valence-corrected chi connectivity index (χ3v) is 5.54. The van der Waals surface area contributed by atoms with Gasteiger partial charge in [0, 0.05) is 9.37 Å². The summed E-state index contributed by atoms with van der Waals surface area (Å²) in [7, 11) is 0. The highest BCUT2D eigenvalue weighted by Crippen LogP contribution is 2.29. The van der Waals surface area contributed by atoms with Gasteiger partial charge in [0.2, 0.25) is 0 Å². The van der Waals surface area contributed by atoms with Crippen LogP contribution in [0.15, 0.2) is 27.6 Å². The molecule has 0 aromatic heterocycles. The van der Waals surface area contributed by atoms with Gasteiger partial charge < -0.3 is 10.1 Å². The molecule has 5 nitrogen and oxygen atoms in total. The number of hydrogen-bond donors (Lipinski definition) is 1. The molecule has 0 bridgehead atoms. The van der Waals surface area contributed by atoms with Gasteiger partial charge >= 0.3 is 5.97 Å². The van der Waals surface area contributed by atoms with E-state index in [0.29, 0.717) is 12.8 Å². The highest BCUT2D eigenvalue weighted by atomic mass is 79.9. The number of esters is 1. The number of rotatable bonds is 6. The van der Waals surface area contributed by atoms with E-state index in [4.69, 9.17) is 4.74 Å². The lowest BCUT2D eigenvalue weighted by Gasteiger charge is -2.21. The average Bonchev–Trinajstić information content (AvgIpc) is 3.01. The molecule has 1 aliphatic carbocycles. The molecule has 0 saturated heterocycles. The number of carbonyl (C=O) groups excluding carboxylic acids is 2. The number of halogens is 1. The van der Waals surface area contributed by atoms with E-state index in [1.54, 1.807) is 0 Å². The Bertz CT molecular complexity index is 666. The van der Waals surface area contributed by atoms with Crippen LogP contribution >= 0.6 is 27.7 Å². The van der Waals surface area contributed by atoms with Crippen molar-refractivity contribution >= 4 is 39.6 Å². The van der Waals surface area contributed by atoms with E-state index in [2.05, 4.69) is 27.3 Å². The normalized spacial score (nSPS) is 15.5. The molecular weight excluding hydrogens is 392 g/mol. The Balaban J connectivity index is 1.74. The topological polar surface area (TPSA) is 79.2 Å². The van der Waals surface area contributed by atoms with E-state index in [1.807, 2.05) is 25.1 Å². The lowest BCUT2D eigenvalue weighted by molar-refractivity contribution is -0.146. The number of benzene rings is 1. The van der Waals surface area contributed by atoms with E-state index < -0.39 is 17.4 Å². The van der Waals surface area contributed by atoms with Crippen molar-refractivity contribution in [2.45, 2.75) is 43.0 Å². The van der Waals surface area contributed by atoms with Gasteiger partial charge in [-0.15, -0.1) is 11.8 Å². The summed E-state index contributed by atoms with van der Waals surface area (Å²) in [6.45, 7) is 1.62. The quantitative estimate of drug-likeness (QED) is 0.574. The Morgan fingerprint density at radius 1 is 1.42 bits per heavy atom. The summed E-state index contributed by atoms with van der Waals surface area (Å²) in [5.41, 5.74) is 0.282. The van der Waals surface area contributed by atoms with Gasteiger partial charge in [-0.3, -0.25) is 9.59 Å². The summed E-state index contributed by atoms with van der Waals surface area (Å²) >= 11 is 4.77. The molecule has 1 aliphatic rings. The van der Waals surface area contributed by atoms with Crippen LogP contribution in [0.5, 0.6) is 0 Å². The molecular formula is C17H19BrN2O3S. The lowest BCUT2D eigenvalue weighted by atomic mass is 10.00. The number of carbonyl (C=O) groups is 2. The zero-order valence-electron chi connectivity index (χ0n) is 13.4. The first-order valence-corrected chi connectivity index (χ1v) is 9.49. The first-order valence-electron chi connectivity index (χ1n) is 7.71. The van der Waals surface area contributed by atoms with Gasteiger partial charge in [-0.25, -0.2) is 0 Å². The van der Waals surface area contributed by atoms with E-state index in [1.165, 1.54) is 11.8 Å². The van der Waals surface area contributed by atoms with Crippen molar-refractivity contribution in [2.75, 3.05) is 12.4 Å². The van der Waals surface area contributed by atoms with Crippen LogP contribution < -0.4 is 5.32 Å². The summed E-state index contributed by atoms with van der Waals surface area (Å²) < 4.78 is 5.99. The van der Waals surface area contributed by atoms with Gasteiger partial charge in [-0.1, -0.05) is 15.9 Å². The number of thioether (sulfide) groups is 1. The van der Waals surface area contributed by atoms with Crippen LogP contribution in [0.1, 0.15) is 31.2 Å². The van der Waals surface area contributed by atoms with Crippen molar-refractivity contribution in [3.63, 3.8) is 0 Å². The standard InChI is InChI=1S/C17H19BrN2O3S/c1-12-8-13(18)4-5-14(12)24-10-16(22)23-9-15(21)20-17(11-19)6-2-3-7-17/h4-5,8H,2-3,6-7,9-10H2,1H3,(H,20,21). The van der Waals surface area contributed by atoms with E-state index in [-0.39, 0.29) is 12.4 Å². The summed E-state index contributed by atoms with van der Waals surface area (Å²) in [6.07, 6.45) is 3.16. The second-order valence-electron chi connectivity index (χ2n) is 5.81. The van der Waals surface area contributed by atoms with Crippen LogP contribution in [-0.4, -0.2) is 29.8 Å². The van der Waals surface area contributed by atoms with E-state index in [9.17, 15) is 14.9 Å². The third-order valence-electron chi connectivity index (χ3n) is 3.90. The van der Waals surface area contributed by atoms with Crippen LogP contribution in [0.25, 0.3) is 0 Å². The van der Waals surface area contributed by atoms with Crippen LogP contribution in [0, 0.1) is 18.3 Å². The molecule has 1 saturated carbocycles. The molecule has 0 radical (unpaired) electrons. The molecule has 0 heterocycles. The summed E-state index contributed by atoms with van der Waals surface area (Å²) in [5, 5.41) is 11.9. The number of ether oxygens (including phenoxy) is 1. The van der Waals surface area contributed by atoms with Crippen molar-refractivity contribution in [3.8, 4) is 6.07 Å². The minimum atomic E-state index is -0.785. The van der Waals surface area contributed by atoms with Crippen molar-refractivity contribution in [1.29, 1.82) is 5.26 Å². The number of nitrogens with one attached hydrogen (secondary N) is 1. The molecule has 24 heavy (non-hydrogen) atoms. The average molecular weight is 411 g/mol. The summed E-state index contributed by atoms with van der Waals surface area (Å²) in [5.74, 6) is -0.731. The highest BCUT2D eigenvalue weighted by Gasteiger charge is 2.35. The first kappa shape index (κ1) is 18.8. The van der Waals surface area contributed by atoms with Gasteiger partial charge in [0.25, 0.3) is 5.91 Å². The maximum absolute atomic E-state index is 11.9. The molecule has 0 aliphatic heterocycles. The first-order chi connectivity index (χ1) is 11.4. The molecule has 1 N–H and O–H groups in total. The van der Waals surface area contributed by atoms with Crippen molar-refractivity contribution in [3.05, 3.63) is 28.2 Å². The van der Waals surface area contributed by atoms with Crippen molar-refractivity contribution in [1.82, 2.24) is 5.32 Å². The molecule has 1 fully saturated rings. The van der Waals surface area contributed by atoms with Gasteiger partial charge in [0.05, 0.1) is 11.8 Å². The zero-order chi connectivity index (χ0) is 17.6. The molecule has 2 rings (SSSR count). The van der Waals surface area contributed by atoms with Gasteiger partial charge in [0.1, 0.15) is 5.54 Å². The molecule has 1 aromatic rings. The fourth-order valence-electron chi connectivity index (χ4n) is 2.65. The maximum Gasteiger partial charge on any atom is 0.316 e. The van der Waals surface area contributed by atoms with E-state index in [0.717, 1.165) is 27.8 Å². The number of nitrogens with zero attached hydrogens (tertiary/aromatic N) is 1. The molecule has 1 amide bonds. The molecule has 0 unspecified atom stereocenters. The van der Waals surface area contributed by atoms with Gasteiger partial charge in [-0.2, -0.15) is 5.26 Å². The SMILES string of the molecule is Cc1cc(Br)ccc1SCC(=O)OCC(=O)NC1(C#N)CCCC1. The number of hydrogen-bond acceptors (Lipinski definition) is 5. The zero-order valence-corrected chi connectivity index (χ0v) is 15.8. The Kier molecular flexibility index (Phi) is 6.69. The van der Waals surface area contributed by atoms with Crippen LogP contribution in [-0.2, 0) is 14.3 Å². The Morgan fingerprint density at radius 2 is 2.12 bits per heavy atom. The Morgan fingerprint density at radius 3 is 2.75 bits per heavy atom. The summed E-state index contributed by atoms with van der Waals surface area (Å²) in [6, 6.07) is 7.99. The number of nitriles is 1. The van der Waals surface area contributed by atoms with Crippen LogP contribution in [0.4, 0.5) is 0 Å². The second-order valence-corrected chi connectivity index (χ2v) is 7.74. The molecule has 0 atom stereocenters.